The number of nitrogens with one attached hydrogen (secondary N) is 3. The number of carbonyl (C=O) groups is 1. The number of hydrogen-bond acceptors (Lipinski definition) is 8. The smallest absolute Gasteiger partial charge is 0.412 e. The van der Waals surface area contributed by atoms with E-state index in [-0.39, 0.29) is 5.84 Å². The van der Waals surface area contributed by atoms with Gasteiger partial charge >= 0.3 is 6.09 Å². The summed E-state index contributed by atoms with van der Waals surface area (Å²) in [7, 11) is 0. The topological polar surface area (TPSA) is 127 Å². The van der Waals surface area contributed by atoms with Crippen LogP contribution in [0.15, 0.2) is 49.1 Å². The molecule has 0 saturated heterocycles. The zero-order valence-electron chi connectivity index (χ0n) is 24.6. The fraction of sp³-hybridized carbons (Fsp3) is 0.406. The number of aryl methyl sites for hydroxylation is 2. The number of fused-ring (bicyclic) bond motifs is 1. The maximum atomic E-state index is 12.1. The lowest BCUT2D eigenvalue weighted by Crippen LogP contribution is -2.31. The summed E-state index contributed by atoms with van der Waals surface area (Å²) in [6.07, 6.45) is 11.7. The van der Waals surface area contributed by atoms with Gasteiger partial charge in [-0.1, -0.05) is 32.3 Å². The zero-order chi connectivity index (χ0) is 29.5. The van der Waals surface area contributed by atoms with Crippen LogP contribution in [0.2, 0.25) is 0 Å². The second-order valence-corrected chi connectivity index (χ2v) is 10.9. The van der Waals surface area contributed by atoms with E-state index in [0.717, 1.165) is 53.7 Å². The van der Waals surface area contributed by atoms with E-state index in [1.165, 1.54) is 24.7 Å². The molecule has 3 heterocycles. The van der Waals surface area contributed by atoms with Crippen LogP contribution >= 0.6 is 0 Å². The Balaban J connectivity index is 1.13. The van der Waals surface area contributed by atoms with E-state index in [0.29, 0.717) is 42.9 Å². The van der Waals surface area contributed by atoms with Gasteiger partial charge in [-0.15, -0.1) is 0 Å². The molecule has 3 aromatic heterocycles. The monoisotopic (exact) mass is 569 g/mol. The summed E-state index contributed by atoms with van der Waals surface area (Å²) in [5, 5.41) is 14.2. The van der Waals surface area contributed by atoms with Gasteiger partial charge in [-0.2, -0.15) is 0 Å². The summed E-state index contributed by atoms with van der Waals surface area (Å²) < 4.78 is 13.2. The Morgan fingerprint density at radius 1 is 1.07 bits per heavy atom. The SMILES string of the molecule is CCCCCCOC(=O)NC(=N)c1cc(C)c(CNc2cc(OCc3cn4cc(C5CC5)ccc4n3)ncn2)c(C)c1. The molecular weight excluding hydrogens is 530 g/mol. The van der Waals surface area contributed by atoms with Crippen LogP contribution in [0, 0.1) is 19.3 Å². The molecule has 1 saturated carbocycles. The molecule has 1 aliphatic rings. The van der Waals surface area contributed by atoms with E-state index in [9.17, 15) is 4.79 Å². The number of imidazole rings is 1. The van der Waals surface area contributed by atoms with Crippen molar-refractivity contribution in [2.45, 2.75) is 78.4 Å². The number of amidine groups is 1. The molecule has 42 heavy (non-hydrogen) atoms. The lowest BCUT2D eigenvalue weighted by molar-refractivity contribution is 0.149. The lowest BCUT2D eigenvalue weighted by Gasteiger charge is -2.15. The molecule has 1 amide bonds. The van der Waals surface area contributed by atoms with Gasteiger partial charge in [0.05, 0.1) is 12.3 Å². The van der Waals surface area contributed by atoms with Crippen molar-refractivity contribution in [2.75, 3.05) is 11.9 Å². The highest BCUT2D eigenvalue weighted by Crippen LogP contribution is 2.39. The number of anilines is 1. The van der Waals surface area contributed by atoms with E-state index in [4.69, 9.17) is 14.9 Å². The predicted octanol–water partition coefficient (Wildman–Crippen LogP) is 6.44. The standard InChI is InChI=1S/C32H39N7O3/c1-4-5-6-7-12-41-32(40)38-31(33)25-13-21(2)27(22(3)14-25)16-34-28-15-30(36-20-35-28)42-19-26-18-39-17-24(23-8-9-23)10-11-29(39)37-26/h10-11,13-15,17-18,20,23H,4-9,12,16,19H2,1-3H3,(H2,33,38,40)(H,34,35,36). The molecule has 1 aliphatic carbocycles. The number of ether oxygens (including phenoxy) is 2. The van der Waals surface area contributed by atoms with Crippen molar-refractivity contribution in [1.82, 2.24) is 24.7 Å². The van der Waals surface area contributed by atoms with Gasteiger partial charge in [-0.3, -0.25) is 10.7 Å². The van der Waals surface area contributed by atoms with Crippen molar-refractivity contribution in [3.05, 3.63) is 82.6 Å². The molecule has 0 aliphatic heterocycles. The first-order valence-electron chi connectivity index (χ1n) is 14.7. The maximum absolute atomic E-state index is 12.1. The van der Waals surface area contributed by atoms with Crippen molar-refractivity contribution in [3.63, 3.8) is 0 Å². The molecule has 0 atom stereocenters. The molecule has 220 valence electrons. The number of amides is 1. The van der Waals surface area contributed by atoms with Gasteiger partial charge in [-0.25, -0.2) is 19.7 Å². The quantitative estimate of drug-likeness (QED) is 0.0960. The third-order valence-corrected chi connectivity index (χ3v) is 7.47. The Hall–Kier alpha value is -4.47. The predicted molar refractivity (Wildman–Crippen MR) is 162 cm³/mol. The molecule has 3 N–H and O–H groups in total. The van der Waals surface area contributed by atoms with Crippen molar-refractivity contribution < 1.29 is 14.3 Å². The second kappa shape index (κ2) is 13.5. The van der Waals surface area contributed by atoms with Crippen LogP contribution in [0.3, 0.4) is 0 Å². The molecule has 10 nitrogen and oxygen atoms in total. The van der Waals surface area contributed by atoms with Crippen LogP contribution < -0.4 is 15.4 Å². The molecule has 4 aromatic rings. The average molecular weight is 570 g/mol. The van der Waals surface area contributed by atoms with Crippen LogP contribution in [0.4, 0.5) is 10.6 Å². The molecule has 0 spiro atoms. The number of benzene rings is 1. The van der Waals surface area contributed by atoms with Gasteiger partial charge in [0.15, 0.2) is 0 Å². The second-order valence-electron chi connectivity index (χ2n) is 10.9. The van der Waals surface area contributed by atoms with E-state index in [1.807, 2.05) is 32.2 Å². The fourth-order valence-corrected chi connectivity index (χ4v) is 4.95. The third kappa shape index (κ3) is 7.63. The molecule has 1 aromatic carbocycles. The van der Waals surface area contributed by atoms with Crippen molar-refractivity contribution >= 4 is 23.4 Å². The zero-order valence-corrected chi connectivity index (χ0v) is 24.6. The van der Waals surface area contributed by atoms with Crippen molar-refractivity contribution in [2.24, 2.45) is 0 Å². The van der Waals surface area contributed by atoms with E-state index >= 15 is 0 Å². The summed E-state index contributed by atoms with van der Waals surface area (Å²) in [4.78, 5) is 25.3. The van der Waals surface area contributed by atoms with Crippen molar-refractivity contribution in [3.8, 4) is 5.88 Å². The summed E-state index contributed by atoms with van der Waals surface area (Å²) >= 11 is 0. The number of pyridine rings is 1. The molecule has 0 unspecified atom stereocenters. The van der Waals surface area contributed by atoms with Gasteiger partial charge < -0.3 is 19.2 Å². The van der Waals surface area contributed by atoms with Crippen LogP contribution in [-0.4, -0.2) is 37.9 Å². The summed E-state index contributed by atoms with van der Waals surface area (Å²) in [5.74, 6) is 1.82. The van der Waals surface area contributed by atoms with Crippen LogP contribution in [0.5, 0.6) is 5.88 Å². The number of rotatable bonds is 13. The minimum Gasteiger partial charge on any atom is -0.471 e. The normalized spacial score (nSPS) is 12.7. The fourth-order valence-electron chi connectivity index (χ4n) is 4.95. The van der Waals surface area contributed by atoms with Gasteiger partial charge in [0, 0.05) is 30.6 Å². The van der Waals surface area contributed by atoms with Gasteiger partial charge in [0.25, 0.3) is 0 Å². The van der Waals surface area contributed by atoms with Gasteiger partial charge in [-0.05, 0) is 79.5 Å². The minimum atomic E-state index is -0.594. The van der Waals surface area contributed by atoms with Crippen molar-refractivity contribution in [1.29, 1.82) is 5.41 Å². The van der Waals surface area contributed by atoms with E-state index in [1.54, 1.807) is 6.07 Å². The highest BCUT2D eigenvalue weighted by atomic mass is 16.5. The molecule has 10 heteroatoms. The first-order valence-corrected chi connectivity index (χ1v) is 14.7. The Morgan fingerprint density at radius 3 is 2.64 bits per heavy atom. The first-order chi connectivity index (χ1) is 20.4. The molecule has 0 bridgehead atoms. The average Bonchev–Trinajstić information content (AvgIpc) is 3.74. The first kappa shape index (κ1) is 29.0. The highest BCUT2D eigenvalue weighted by molar-refractivity contribution is 6.04. The Morgan fingerprint density at radius 2 is 1.88 bits per heavy atom. The Labute approximate surface area is 246 Å². The lowest BCUT2D eigenvalue weighted by atomic mass is 9.98. The number of nitrogens with zero attached hydrogens (tertiary/aromatic N) is 4. The minimum absolute atomic E-state index is 0.0193. The maximum Gasteiger partial charge on any atom is 0.412 e. The molecule has 0 radical (unpaired) electrons. The number of carbonyl (C=O) groups excluding carboxylic acids is 1. The summed E-state index contributed by atoms with van der Waals surface area (Å²) in [5.41, 5.74) is 6.82. The van der Waals surface area contributed by atoms with Crippen LogP contribution in [-0.2, 0) is 17.9 Å². The highest BCUT2D eigenvalue weighted by Gasteiger charge is 2.23. The van der Waals surface area contributed by atoms with Gasteiger partial charge in [0.2, 0.25) is 5.88 Å². The van der Waals surface area contributed by atoms with E-state index in [2.05, 4.69) is 55.2 Å². The largest absolute Gasteiger partial charge is 0.471 e. The van der Waals surface area contributed by atoms with Crippen LogP contribution in [0.1, 0.15) is 84.9 Å². The molecular formula is C32H39N7O3. The molecule has 5 rings (SSSR count). The summed E-state index contributed by atoms with van der Waals surface area (Å²) in [6.45, 7) is 7.32. The summed E-state index contributed by atoms with van der Waals surface area (Å²) in [6, 6.07) is 9.78. The number of aromatic nitrogens is 4. The number of hydrogen-bond donors (Lipinski definition) is 3. The third-order valence-electron chi connectivity index (χ3n) is 7.47. The number of alkyl carbamates (subject to hydrolysis) is 1. The Bertz CT molecular complexity index is 1540. The van der Waals surface area contributed by atoms with Crippen LogP contribution in [0.25, 0.3) is 5.65 Å². The Kier molecular flexibility index (Phi) is 9.31. The number of unbranched alkanes of at least 4 members (excludes halogenated alkanes) is 3. The van der Waals surface area contributed by atoms with Gasteiger partial charge in [0.1, 0.15) is 30.2 Å². The van der Waals surface area contributed by atoms with E-state index < -0.39 is 6.09 Å². The molecule has 1 fully saturated rings.